The molecule has 2 aromatic heterocycles. The van der Waals surface area contributed by atoms with E-state index in [1.807, 2.05) is 29.9 Å². The van der Waals surface area contributed by atoms with Crippen molar-refractivity contribution in [2.24, 2.45) is 5.73 Å². The molecule has 0 fully saturated rings. The van der Waals surface area contributed by atoms with Gasteiger partial charge in [0.15, 0.2) is 0 Å². The van der Waals surface area contributed by atoms with Crippen molar-refractivity contribution in [2.45, 2.75) is 46.3 Å². The predicted octanol–water partition coefficient (Wildman–Crippen LogP) is 2.99. The Morgan fingerprint density at radius 1 is 1.42 bits per heavy atom. The first-order valence-corrected chi connectivity index (χ1v) is 7.10. The molecule has 19 heavy (non-hydrogen) atoms. The van der Waals surface area contributed by atoms with Crippen LogP contribution < -0.4 is 5.73 Å². The number of hydrogen-bond donors (Lipinski definition) is 1. The highest BCUT2D eigenvalue weighted by Gasteiger charge is 2.16. The van der Waals surface area contributed by atoms with Gasteiger partial charge in [0.05, 0.1) is 23.0 Å². The molecule has 2 heterocycles. The summed E-state index contributed by atoms with van der Waals surface area (Å²) in [5.41, 5.74) is 9.11. The van der Waals surface area contributed by atoms with Crippen LogP contribution >= 0.6 is 11.6 Å². The van der Waals surface area contributed by atoms with Crippen LogP contribution in [0.2, 0.25) is 5.02 Å². The smallest absolute Gasteiger partial charge is 0.0868 e. The lowest BCUT2D eigenvalue weighted by Gasteiger charge is -2.13. The van der Waals surface area contributed by atoms with E-state index in [4.69, 9.17) is 17.3 Å². The van der Waals surface area contributed by atoms with Crippen LogP contribution in [-0.2, 0) is 19.5 Å². The summed E-state index contributed by atoms with van der Waals surface area (Å²) in [4.78, 5) is 0. The summed E-state index contributed by atoms with van der Waals surface area (Å²) < 4.78 is 4.12. The van der Waals surface area contributed by atoms with E-state index in [9.17, 15) is 0 Å². The van der Waals surface area contributed by atoms with Gasteiger partial charge in [0.25, 0.3) is 0 Å². The van der Waals surface area contributed by atoms with E-state index in [1.54, 1.807) is 0 Å². The Morgan fingerprint density at radius 3 is 2.74 bits per heavy atom. The van der Waals surface area contributed by atoms with Crippen LogP contribution in [0.15, 0.2) is 18.3 Å². The highest BCUT2D eigenvalue weighted by atomic mass is 35.5. The molecule has 104 valence electrons. The minimum absolute atomic E-state index is 0.0115. The first-order chi connectivity index (χ1) is 9.08. The summed E-state index contributed by atoms with van der Waals surface area (Å²) in [6, 6.07) is 4.07. The molecule has 0 aliphatic rings. The van der Waals surface area contributed by atoms with Crippen LogP contribution in [0.3, 0.4) is 0 Å². The summed E-state index contributed by atoms with van der Waals surface area (Å²) in [5.74, 6) is 0. The van der Waals surface area contributed by atoms with Crippen molar-refractivity contribution in [1.82, 2.24) is 14.3 Å². The van der Waals surface area contributed by atoms with E-state index < -0.39 is 0 Å². The van der Waals surface area contributed by atoms with Gasteiger partial charge in [-0.05, 0) is 32.4 Å². The second kappa shape index (κ2) is 5.80. The Kier molecular flexibility index (Phi) is 4.32. The summed E-state index contributed by atoms with van der Waals surface area (Å²) in [5, 5.41) is 5.33. The molecular weight excluding hydrogens is 260 g/mol. The van der Waals surface area contributed by atoms with E-state index in [0.29, 0.717) is 6.54 Å². The van der Waals surface area contributed by atoms with Gasteiger partial charge in [-0.15, -0.1) is 0 Å². The third kappa shape index (κ3) is 2.69. The highest BCUT2D eigenvalue weighted by molar-refractivity contribution is 6.31. The molecule has 0 aliphatic heterocycles. The van der Waals surface area contributed by atoms with Crippen molar-refractivity contribution in [3.63, 3.8) is 0 Å². The zero-order chi connectivity index (χ0) is 14.0. The number of halogens is 1. The van der Waals surface area contributed by atoms with Gasteiger partial charge in [0.2, 0.25) is 0 Å². The fourth-order valence-corrected chi connectivity index (χ4v) is 2.64. The first kappa shape index (κ1) is 14.2. The molecule has 0 amide bonds. The standard InChI is InChI=1S/C14H21ClN4/c1-4-11-14(15)13(19(5-2)17-11)9-18-8-6-7-12(18)10(3)16/h6-8,10H,4-5,9,16H2,1-3H3. The highest BCUT2D eigenvalue weighted by Crippen LogP contribution is 2.24. The zero-order valence-electron chi connectivity index (χ0n) is 11.7. The minimum Gasteiger partial charge on any atom is -0.344 e. The molecule has 0 saturated carbocycles. The van der Waals surface area contributed by atoms with Crippen molar-refractivity contribution < 1.29 is 0 Å². The van der Waals surface area contributed by atoms with Gasteiger partial charge in [-0.25, -0.2) is 0 Å². The van der Waals surface area contributed by atoms with Gasteiger partial charge >= 0.3 is 0 Å². The van der Waals surface area contributed by atoms with Crippen LogP contribution in [-0.4, -0.2) is 14.3 Å². The van der Waals surface area contributed by atoms with Crippen molar-refractivity contribution in [1.29, 1.82) is 0 Å². The fraction of sp³-hybridized carbons (Fsp3) is 0.500. The maximum Gasteiger partial charge on any atom is 0.0868 e. The molecule has 2 rings (SSSR count). The molecule has 0 aromatic carbocycles. The molecule has 0 saturated heterocycles. The summed E-state index contributed by atoms with van der Waals surface area (Å²) in [6.07, 6.45) is 2.89. The van der Waals surface area contributed by atoms with E-state index in [2.05, 4.69) is 23.5 Å². The lowest BCUT2D eigenvalue weighted by Crippen LogP contribution is -2.14. The van der Waals surface area contributed by atoms with Crippen LogP contribution in [0.4, 0.5) is 0 Å². The Balaban J connectivity index is 2.37. The molecule has 2 aromatic rings. The Bertz CT molecular complexity index is 554. The molecule has 0 aliphatic carbocycles. The van der Waals surface area contributed by atoms with Crippen molar-refractivity contribution in [3.8, 4) is 0 Å². The third-order valence-corrected chi connectivity index (χ3v) is 3.78. The van der Waals surface area contributed by atoms with Gasteiger partial charge in [-0.2, -0.15) is 5.10 Å². The Morgan fingerprint density at radius 2 is 2.16 bits per heavy atom. The van der Waals surface area contributed by atoms with E-state index in [-0.39, 0.29) is 6.04 Å². The first-order valence-electron chi connectivity index (χ1n) is 6.73. The van der Waals surface area contributed by atoms with Crippen molar-refractivity contribution >= 4 is 11.6 Å². The molecule has 4 nitrogen and oxygen atoms in total. The summed E-state index contributed by atoms with van der Waals surface area (Å²) in [6.45, 7) is 7.67. The fourth-order valence-electron chi connectivity index (χ4n) is 2.31. The summed E-state index contributed by atoms with van der Waals surface area (Å²) in [7, 11) is 0. The number of hydrogen-bond acceptors (Lipinski definition) is 2. The van der Waals surface area contributed by atoms with Crippen LogP contribution in [0.5, 0.6) is 0 Å². The average molecular weight is 281 g/mol. The van der Waals surface area contributed by atoms with Crippen molar-refractivity contribution in [3.05, 3.63) is 40.4 Å². The lowest BCUT2D eigenvalue weighted by molar-refractivity contribution is 0.581. The SMILES string of the molecule is CCc1nn(CC)c(Cn2cccc2C(C)N)c1Cl. The number of rotatable bonds is 5. The van der Waals surface area contributed by atoms with Gasteiger partial charge in [-0.1, -0.05) is 18.5 Å². The number of nitrogens with zero attached hydrogens (tertiary/aromatic N) is 3. The Labute approximate surface area is 119 Å². The number of nitrogens with two attached hydrogens (primary N) is 1. The van der Waals surface area contributed by atoms with E-state index >= 15 is 0 Å². The largest absolute Gasteiger partial charge is 0.344 e. The molecule has 1 atom stereocenters. The van der Waals surface area contributed by atoms with Gasteiger partial charge in [0, 0.05) is 24.5 Å². The third-order valence-electron chi connectivity index (χ3n) is 3.35. The second-order valence-corrected chi connectivity index (χ2v) is 5.10. The normalized spacial score (nSPS) is 12.9. The predicted molar refractivity (Wildman–Crippen MR) is 78.4 cm³/mol. The number of aryl methyl sites for hydroxylation is 2. The Hall–Kier alpha value is -1.26. The maximum absolute atomic E-state index is 6.43. The lowest BCUT2D eigenvalue weighted by atomic mass is 10.2. The molecule has 0 spiro atoms. The molecule has 2 N–H and O–H groups in total. The number of aromatic nitrogens is 3. The van der Waals surface area contributed by atoms with Gasteiger partial charge in [0.1, 0.15) is 0 Å². The van der Waals surface area contributed by atoms with E-state index in [1.165, 1.54) is 0 Å². The van der Waals surface area contributed by atoms with E-state index in [0.717, 1.165) is 35.1 Å². The maximum atomic E-state index is 6.43. The molecule has 0 radical (unpaired) electrons. The topological polar surface area (TPSA) is 48.8 Å². The van der Waals surface area contributed by atoms with Crippen LogP contribution in [0.25, 0.3) is 0 Å². The average Bonchev–Trinajstić information content (AvgIpc) is 2.96. The minimum atomic E-state index is 0.0115. The van der Waals surface area contributed by atoms with Crippen LogP contribution in [0, 0.1) is 0 Å². The van der Waals surface area contributed by atoms with Gasteiger partial charge < -0.3 is 10.3 Å². The molecule has 1 unspecified atom stereocenters. The van der Waals surface area contributed by atoms with Crippen molar-refractivity contribution in [2.75, 3.05) is 0 Å². The summed E-state index contributed by atoms with van der Waals surface area (Å²) >= 11 is 6.43. The molecule has 0 bridgehead atoms. The van der Waals surface area contributed by atoms with Gasteiger partial charge in [-0.3, -0.25) is 4.68 Å². The molecule has 5 heteroatoms. The zero-order valence-corrected chi connectivity index (χ0v) is 12.5. The quantitative estimate of drug-likeness (QED) is 0.915. The second-order valence-electron chi connectivity index (χ2n) is 4.73. The van der Waals surface area contributed by atoms with Crippen LogP contribution in [0.1, 0.15) is 43.9 Å². The monoisotopic (exact) mass is 280 g/mol. The molecular formula is C14H21ClN4.